The van der Waals surface area contributed by atoms with Crippen molar-refractivity contribution in [2.45, 2.75) is 6.92 Å². The van der Waals surface area contributed by atoms with Crippen LogP contribution in [0.25, 0.3) is 16.3 Å². The molecule has 0 aliphatic carbocycles. The fourth-order valence-corrected chi connectivity index (χ4v) is 4.91. The van der Waals surface area contributed by atoms with Gasteiger partial charge >= 0.3 is 0 Å². The second-order valence-corrected chi connectivity index (χ2v) is 9.55. The highest BCUT2D eigenvalue weighted by Crippen LogP contribution is 2.31. The summed E-state index contributed by atoms with van der Waals surface area (Å²) >= 11 is 13.6. The first-order valence-electron chi connectivity index (χ1n) is 8.71. The number of fused-ring (bicyclic) bond motifs is 1. The van der Waals surface area contributed by atoms with E-state index in [0.717, 1.165) is 27.5 Å². The van der Waals surface area contributed by atoms with Crippen LogP contribution in [0.3, 0.4) is 0 Å². The van der Waals surface area contributed by atoms with Crippen molar-refractivity contribution >= 4 is 84.5 Å². The average molecular weight is 476 g/mol. The second kappa shape index (κ2) is 8.73. The van der Waals surface area contributed by atoms with Gasteiger partial charge in [0.25, 0.3) is 11.8 Å². The van der Waals surface area contributed by atoms with E-state index < -0.39 is 0 Å². The Bertz CT molecular complexity index is 1220. The van der Waals surface area contributed by atoms with Crippen molar-refractivity contribution in [2.24, 2.45) is 0 Å². The number of carbonyl (C=O) groups excluding carboxylic acids is 2. The Morgan fingerprint density at radius 2 is 2.17 bits per heavy atom. The number of hydrogen-bond donors (Lipinski definition) is 2. The number of ether oxygens (including phenoxy) is 1. The molecule has 10 heteroatoms. The van der Waals surface area contributed by atoms with Gasteiger partial charge in [0.1, 0.15) is 10.1 Å². The molecule has 1 aliphatic rings. The topological polar surface area (TPSA) is 80.3 Å². The summed E-state index contributed by atoms with van der Waals surface area (Å²) in [6.45, 7) is 1.79. The first-order valence-corrected chi connectivity index (χ1v) is 11.1. The van der Waals surface area contributed by atoms with Gasteiger partial charge in [0.2, 0.25) is 0 Å². The standard InChI is InChI=1S/C20H14ClN3O3S3/c1-10-2-4-13-15(6-10)29-19(22-13)23-17(25)9-27-14-5-3-12(21)7-11(14)8-16-18(26)24-20(28)30-16/h2-8H,9H2,1H3,(H,22,23,25)(H,24,26,28)/b16-8-. The molecule has 6 nitrogen and oxygen atoms in total. The third kappa shape index (κ3) is 4.81. The maximum absolute atomic E-state index is 12.4. The minimum Gasteiger partial charge on any atom is -0.483 e. The van der Waals surface area contributed by atoms with Crippen molar-refractivity contribution in [1.29, 1.82) is 0 Å². The van der Waals surface area contributed by atoms with Crippen LogP contribution in [0.4, 0.5) is 5.13 Å². The van der Waals surface area contributed by atoms with E-state index in [4.69, 9.17) is 28.6 Å². The van der Waals surface area contributed by atoms with Crippen LogP contribution in [-0.4, -0.2) is 27.7 Å². The van der Waals surface area contributed by atoms with Crippen molar-refractivity contribution < 1.29 is 14.3 Å². The van der Waals surface area contributed by atoms with Gasteiger partial charge in [-0.15, -0.1) is 0 Å². The molecule has 1 aliphatic heterocycles. The van der Waals surface area contributed by atoms with Gasteiger partial charge in [-0.05, 0) is 48.9 Å². The molecule has 2 heterocycles. The smallest absolute Gasteiger partial charge is 0.264 e. The molecule has 1 saturated heterocycles. The number of halogens is 1. The Balaban J connectivity index is 1.46. The molecule has 2 amide bonds. The molecule has 0 atom stereocenters. The van der Waals surface area contributed by atoms with Gasteiger partial charge in [0.05, 0.1) is 15.1 Å². The van der Waals surface area contributed by atoms with E-state index >= 15 is 0 Å². The van der Waals surface area contributed by atoms with E-state index in [2.05, 4.69) is 15.6 Å². The second-order valence-electron chi connectivity index (χ2n) is 6.36. The van der Waals surface area contributed by atoms with Gasteiger partial charge in [-0.2, -0.15) is 0 Å². The molecule has 0 radical (unpaired) electrons. The number of thiazole rings is 1. The summed E-state index contributed by atoms with van der Waals surface area (Å²) in [5, 5.41) is 6.30. The van der Waals surface area contributed by atoms with E-state index in [1.54, 1.807) is 24.3 Å². The van der Waals surface area contributed by atoms with Gasteiger partial charge in [0, 0.05) is 10.6 Å². The number of thiocarbonyl (C=S) groups is 1. The Morgan fingerprint density at radius 3 is 2.93 bits per heavy atom. The van der Waals surface area contributed by atoms with E-state index in [-0.39, 0.29) is 18.4 Å². The minimum atomic E-state index is -0.339. The van der Waals surface area contributed by atoms with Gasteiger partial charge in [-0.3, -0.25) is 14.9 Å². The number of carbonyl (C=O) groups is 2. The zero-order chi connectivity index (χ0) is 21.3. The number of rotatable bonds is 5. The Hall–Kier alpha value is -2.46. The number of nitrogens with zero attached hydrogens (tertiary/aromatic N) is 1. The maximum atomic E-state index is 12.4. The van der Waals surface area contributed by atoms with E-state index in [0.29, 0.717) is 30.7 Å². The summed E-state index contributed by atoms with van der Waals surface area (Å²) in [7, 11) is 0. The van der Waals surface area contributed by atoms with Gasteiger partial charge in [0.15, 0.2) is 11.7 Å². The van der Waals surface area contributed by atoms with Crippen LogP contribution in [0.5, 0.6) is 5.75 Å². The number of nitrogens with one attached hydrogen (secondary N) is 2. The molecule has 2 aromatic carbocycles. The predicted molar refractivity (Wildman–Crippen MR) is 126 cm³/mol. The largest absolute Gasteiger partial charge is 0.483 e. The lowest BCUT2D eigenvalue weighted by molar-refractivity contribution is -0.118. The van der Waals surface area contributed by atoms with Crippen molar-refractivity contribution in [1.82, 2.24) is 10.3 Å². The highest BCUT2D eigenvalue weighted by molar-refractivity contribution is 8.26. The monoisotopic (exact) mass is 475 g/mol. The molecule has 1 fully saturated rings. The fraction of sp³-hybridized carbons (Fsp3) is 0.100. The third-order valence-corrected chi connectivity index (χ3v) is 6.38. The molecular weight excluding hydrogens is 462 g/mol. The molecule has 0 bridgehead atoms. The lowest BCUT2D eigenvalue weighted by Gasteiger charge is -2.09. The zero-order valence-electron chi connectivity index (χ0n) is 15.5. The van der Waals surface area contributed by atoms with E-state index in [9.17, 15) is 9.59 Å². The lowest BCUT2D eigenvalue weighted by atomic mass is 10.2. The first kappa shape index (κ1) is 20.8. The number of aryl methyl sites for hydroxylation is 1. The number of anilines is 1. The van der Waals surface area contributed by atoms with E-state index in [1.165, 1.54) is 11.3 Å². The Kier molecular flexibility index (Phi) is 6.05. The lowest BCUT2D eigenvalue weighted by Crippen LogP contribution is -2.20. The molecule has 4 rings (SSSR count). The van der Waals surface area contributed by atoms with Crippen LogP contribution in [0.2, 0.25) is 5.02 Å². The maximum Gasteiger partial charge on any atom is 0.264 e. The minimum absolute atomic E-state index is 0.218. The Morgan fingerprint density at radius 1 is 1.33 bits per heavy atom. The molecule has 0 saturated carbocycles. The fourth-order valence-electron chi connectivity index (χ4n) is 2.71. The molecule has 0 spiro atoms. The van der Waals surface area contributed by atoms with Crippen molar-refractivity contribution in [3.63, 3.8) is 0 Å². The number of benzene rings is 2. The van der Waals surface area contributed by atoms with Gasteiger partial charge < -0.3 is 10.1 Å². The third-order valence-electron chi connectivity index (χ3n) is 4.05. The number of amides is 2. The summed E-state index contributed by atoms with van der Waals surface area (Å²) < 4.78 is 7.07. The molecule has 2 N–H and O–H groups in total. The summed E-state index contributed by atoms with van der Waals surface area (Å²) in [6, 6.07) is 10.9. The summed E-state index contributed by atoms with van der Waals surface area (Å²) in [6.07, 6.45) is 1.63. The number of hydrogen-bond acceptors (Lipinski definition) is 7. The zero-order valence-corrected chi connectivity index (χ0v) is 18.7. The van der Waals surface area contributed by atoms with Crippen LogP contribution >= 0.6 is 46.9 Å². The molecule has 0 unspecified atom stereocenters. The van der Waals surface area contributed by atoms with Crippen LogP contribution in [0, 0.1) is 6.92 Å². The number of aromatic nitrogens is 1. The summed E-state index contributed by atoms with van der Waals surface area (Å²) in [4.78, 5) is 29.1. The highest BCUT2D eigenvalue weighted by Gasteiger charge is 2.22. The highest BCUT2D eigenvalue weighted by atomic mass is 35.5. The summed E-state index contributed by atoms with van der Waals surface area (Å²) in [5.74, 6) is -0.193. The summed E-state index contributed by atoms with van der Waals surface area (Å²) in [5.41, 5.74) is 2.54. The molecule has 152 valence electrons. The van der Waals surface area contributed by atoms with Crippen molar-refractivity contribution in [2.75, 3.05) is 11.9 Å². The van der Waals surface area contributed by atoms with Crippen LogP contribution < -0.4 is 15.4 Å². The van der Waals surface area contributed by atoms with Crippen LogP contribution in [0.15, 0.2) is 41.3 Å². The SMILES string of the molecule is Cc1ccc2nc(NC(=O)COc3ccc(Cl)cc3/C=C3\SC(=S)NC3=O)sc2c1. The van der Waals surface area contributed by atoms with Crippen molar-refractivity contribution in [3.8, 4) is 5.75 Å². The average Bonchev–Trinajstić information content (AvgIpc) is 3.22. The van der Waals surface area contributed by atoms with Gasteiger partial charge in [-0.25, -0.2) is 4.98 Å². The number of thioether (sulfide) groups is 1. The van der Waals surface area contributed by atoms with Gasteiger partial charge in [-0.1, -0.05) is 53.0 Å². The van der Waals surface area contributed by atoms with Crippen LogP contribution in [0.1, 0.15) is 11.1 Å². The Labute approximate surface area is 190 Å². The quantitative estimate of drug-likeness (QED) is 0.409. The molecular formula is C20H14ClN3O3S3. The van der Waals surface area contributed by atoms with E-state index in [1.807, 2.05) is 25.1 Å². The van der Waals surface area contributed by atoms with Crippen molar-refractivity contribution in [3.05, 3.63) is 57.5 Å². The van der Waals surface area contributed by atoms with Crippen LogP contribution in [-0.2, 0) is 9.59 Å². The molecule has 1 aromatic heterocycles. The first-order chi connectivity index (χ1) is 14.4. The molecule has 30 heavy (non-hydrogen) atoms. The predicted octanol–water partition coefficient (Wildman–Crippen LogP) is 4.76. The molecule has 3 aromatic rings. The normalized spacial score (nSPS) is 14.9.